The summed E-state index contributed by atoms with van der Waals surface area (Å²) in [7, 11) is 1.74. The molecule has 0 saturated carbocycles. The van der Waals surface area contributed by atoms with Crippen molar-refractivity contribution in [1.82, 2.24) is 0 Å². The molecule has 1 aromatic rings. The highest BCUT2D eigenvalue weighted by atomic mass is 16.5. The molecule has 1 nitrogen and oxygen atoms in total. The zero-order valence-electron chi connectivity index (χ0n) is 14.8. The molecule has 1 heteroatoms. The van der Waals surface area contributed by atoms with Crippen LogP contribution >= 0.6 is 0 Å². The summed E-state index contributed by atoms with van der Waals surface area (Å²) >= 11 is 0. The van der Waals surface area contributed by atoms with Gasteiger partial charge in [0.15, 0.2) is 0 Å². The summed E-state index contributed by atoms with van der Waals surface area (Å²) in [5.41, 5.74) is 7.08. The van der Waals surface area contributed by atoms with Crippen molar-refractivity contribution in [3.8, 4) is 5.75 Å². The van der Waals surface area contributed by atoms with Crippen LogP contribution < -0.4 is 4.74 Å². The van der Waals surface area contributed by atoms with Crippen LogP contribution in [0.2, 0.25) is 0 Å². The predicted octanol–water partition coefficient (Wildman–Crippen LogP) is 5.67. The van der Waals surface area contributed by atoms with Crippen LogP contribution in [0.5, 0.6) is 5.75 Å². The van der Waals surface area contributed by atoms with Gasteiger partial charge in [-0.05, 0) is 46.9 Å². The lowest BCUT2D eigenvalue weighted by Crippen LogP contribution is -2.13. The van der Waals surface area contributed by atoms with Gasteiger partial charge >= 0.3 is 0 Å². The van der Waals surface area contributed by atoms with E-state index in [1.807, 2.05) is 6.08 Å². The van der Waals surface area contributed by atoms with Crippen molar-refractivity contribution >= 4 is 6.08 Å². The predicted molar refractivity (Wildman–Crippen MR) is 92.9 cm³/mol. The lowest BCUT2D eigenvalue weighted by atomic mass is 9.83. The molecule has 0 aliphatic carbocycles. The van der Waals surface area contributed by atoms with Crippen LogP contribution in [0.3, 0.4) is 0 Å². The maximum atomic E-state index is 5.66. The van der Waals surface area contributed by atoms with Crippen LogP contribution in [0.4, 0.5) is 0 Å². The number of methoxy groups -OCH3 is 1. The van der Waals surface area contributed by atoms with Gasteiger partial charge in [-0.15, -0.1) is 5.73 Å². The molecule has 116 valence electrons. The van der Waals surface area contributed by atoms with E-state index < -0.39 is 0 Å². The quantitative estimate of drug-likeness (QED) is 0.648. The zero-order valence-corrected chi connectivity index (χ0v) is 14.8. The third-order valence-corrected chi connectivity index (χ3v) is 3.17. The second kappa shape index (κ2) is 6.54. The minimum absolute atomic E-state index is 0.225. The number of ether oxygens (including phenoxy) is 1. The van der Waals surface area contributed by atoms with Crippen LogP contribution in [0.1, 0.15) is 58.2 Å². The summed E-state index contributed by atoms with van der Waals surface area (Å²) in [4.78, 5) is 0. The maximum Gasteiger partial charge on any atom is 0.129 e. The summed E-state index contributed by atoms with van der Waals surface area (Å²) < 4.78 is 5.66. The molecule has 0 bridgehead atoms. The molecule has 0 N–H and O–H groups in total. The van der Waals surface area contributed by atoms with E-state index in [1.54, 1.807) is 7.11 Å². The van der Waals surface area contributed by atoms with Crippen LogP contribution in [-0.4, -0.2) is 7.11 Å². The van der Waals surface area contributed by atoms with Crippen molar-refractivity contribution in [2.24, 2.45) is 10.8 Å². The third kappa shape index (κ3) is 5.81. The smallest absolute Gasteiger partial charge is 0.129 e. The molecule has 1 rings (SSSR count). The molecule has 0 saturated heterocycles. The van der Waals surface area contributed by atoms with Gasteiger partial charge in [0.2, 0.25) is 0 Å². The lowest BCUT2D eigenvalue weighted by Gasteiger charge is -2.24. The fraction of sp³-hybridized carbons (Fsp3) is 0.550. The Morgan fingerprint density at radius 1 is 1.05 bits per heavy atom. The zero-order chi connectivity index (χ0) is 16.3. The van der Waals surface area contributed by atoms with Crippen LogP contribution in [0.15, 0.2) is 24.4 Å². The monoisotopic (exact) mass is 286 g/mol. The number of hydrogen-bond donors (Lipinski definition) is 0. The lowest BCUT2D eigenvalue weighted by molar-refractivity contribution is 0.376. The molecule has 0 radical (unpaired) electrons. The molecule has 0 aliphatic heterocycles. The Balaban J connectivity index is 3.40. The van der Waals surface area contributed by atoms with Gasteiger partial charge in [0, 0.05) is 5.56 Å². The van der Waals surface area contributed by atoms with E-state index in [0.29, 0.717) is 0 Å². The standard InChI is InChI=1S/C20H30O/c1-9-10-16-11-15(13-19(2,3)4)12-17(18(16)21-8)14-20(5,6)7/h10-12H,1,13-14H2,2-8H3. The fourth-order valence-electron chi connectivity index (χ4n) is 2.66. The van der Waals surface area contributed by atoms with Gasteiger partial charge in [0.05, 0.1) is 7.11 Å². The van der Waals surface area contributed by atoms with Gasteiger partial charge in [-0.2, -0.15) is 0 Å². The van der Waals surface area contributed by atoms with E-state index in [0.717, 1.165) is 24.2 Å². The largest absolute Gasteiger partial charge is 0.496 e. The van der Waals surface area contributed by atoms with E-state index in [9.17, 15) is 0 Å². The van der Waals surface area contributed by atoms with Crippen LogP contribution in [-0.2, 0) is 12.8 Å². The molecule has 21 heavy (non-hydrogen) atoms. The molecule has 0 spiro atoms. The molecule has 0 amide bonds. The van der Waals surface area contributed by atoms with Crippen molar-refractivity contribution in [2.45, 2.75) is 54.4 Å². The fourth-order valence-corrected chi connectivity index (χ4v) is 2.66. The number of rotatable bonds is 4. The Morgan fingerprint density at radius 2 is 1.62 bits per heavy atom. The average Bonchev–Trinajstić information content (AvgIpc) is 2.24. The number of benzene rings is 1. The molecule has 0 aliphatic rings. The van der Waals surface area contributed by atoms with Crippen molar-refractivity contribution < 1.29 is 4.74 Å². The van der Waals surface area contributed by atoms with E-state index >= 15 is 0 Å². The minimum atomic E-state index is 0.225. The van der Waals surface area contributed by atoms with Crippen LogP contribution in [0.25, 0.3) is 6.08 Å². The van der Waals surface area contributed by atoms with Gasteiger partial charge in [-0.1, -0.05) is 54.2 Å². The molecule has 0 heterocycles. The molecule has 0 unspecified atom stereocenters. The van der Waals surface area contributed by atoms with E-state index in [1.165, 1.54) is 11.1 Å². The van der Waals surface area contributed by atoms with Gasteiger partial charge in [0.1, 0.15) is 5.75 Å². The summed E-state index contributed by atoms with van der Waals surface area (Å²) in [6, 6.07) is 4.50. The molecule has 0 fully saturated rings. The van der Waals surface area contributed by atoms with Crippen molar-refractivity contribution in [3.05, 3.63) is 41.1 Å². The molecule has 0 aromatic heterocycles. The molecular formula is C20H30O. The van der Waals surface area contributed by atoms with Gasteiger partial charge in [-0.25, -0.2) is 0 Å². The second-order valence-electron chi connectivity index (χ2n) is 8.20. The first-order valence-electron chi connectivity index (χ1n) is 7.61. The van der Waals surface area contributed by atoms with Crippen LogP contribution in [0, 0.1) is 10.8 Å². The Labute approximate surface area is 130 Å². The Bertz CT molecular complexity index is 532. The topological polar surface area (TPSA) is 9.23 Å². The van der Waals surface area contributed by atoms with E-state index in [2.05, 4.69) is 66.0 Å². The van der Waals surface area contributed by atoms with Crippen molar-refractivity contribution in [3.63, 3.8) is 0 Å². The van der Waals surface area contributed by atoms with Crippen molar-refractivity contribution in [2.75, 3.05) is 7.11 Å². The van der Waals surface area contributed by atoms with Gasteiger partial charge in [0.25, 0.3) is 0 Å². The second-order valence-corrected chi connectivity index (χ2v) is 8.20. The first kappa shape index (κ1) is 17.6. The summed E-state index contributed by atoms with van der Waals surface area (Å²) in [6.45, 7) is 17.3. The first-order chi connectivity index (χ1) is 9.55. The maximum absolute atomic E-state index is 5.66. The van der Waals surface area contributed by atoms with Gasteiger partial charge in [-0.3, -0.25) is 0 Å². The normalized spacial score (nSPS) is 12.0. The highest BCUT2D eigenvalue weighted by Gasteiger charge is 2.19. The molecule has 0 atom stereocenters. The van der Waals surface area contributed by atoms with E-state index in [4.69, 9.17) is 4.74 Å². The van der Waals surface area contributed by atoms with E-state index in [-0.39, 0.29) is 10.8 Å². The highest BCUT2D eigenvalue weighted by molar-refractivity contribution is 5.61. The highest BCUT2D eigenvalue weighted by Crippen LogP contribution is 2.34. The number of hydrogen-bond acceptors (Lipinski definition) is 1. The molecule has 1 aromatic carbocycles. The summed E-state index contributed by atoms with van der Waals surface area (Å²) in [6.07, 6.45) is 3.95. The average molecular weight is 286 g/mol. The summed E-state index contributed by atoms with van der Waals surface area (Å²) in [5, 5.41) is 0. The summed E-state index contributed by atoms with van der Waals surface area (Å²) in [5.74, 6) is 0.957. The first-order valence-corrected chi connectivity index (χ1v) is 7.61. The van der Waals surface area contributed by atoms with Gasteiger partial charge < -0.3 is 4.74 Å². The minimum Gasteiger partial charge on any atom is -0.496 e. The Kier molecular flexibility index (Phi) is 5.48. The Morgan fingerprint density at radius 3 is 2.05 bits per heavy atom. The Hall–Kier alpha value is -1.46. The van der Waals surface area contributed by atoms with Crippen molar-refractivity contribution in [1.29, 1.82) is 0 Å². The molecular weight excluding hydrogens is 256 g/mol. The third-order valence-electron chi connectivity index (χ3n) is 3.17. The SMILES string of the molecule is C=C=Cc1cc(CC(C)(C)C)cc(CC(C)(C)C)c1OC.